The number of carboxylic acids is 1. The number of carbonyl (C=O) groups excluding carboxylic acids is 1. The number of hydrogen-bond acceptors (Lipinski definition) is 4. The summed E-state index contributed by atoms with van der Waals surface area (Å²) in [7, 11) is 1.49. The van der Waals surface area contributed by atoms with Crippen LogP contribution in [-0.4, -0.2) is 29.6 Å². The molecule has 0 saturated heterocycles. The van der Waals surface area contributed by atoms with Crippen molar-refractivity contribution in [3.05, 3.63) is 23.9 Å². The highest BCUT2D eigenvalue weighted by molar-refractivity contribution is 5.68. The first-order valence-corrected chi connectivity index (χ1v) is 4.58. The fraction of sp³-hybridized carbons (Fsp3) is 0.300. The number of carbonyl (C=O) groups is 2. The highest BCUT2D eigenvalue weighted by Gasteiger charge is 2.14. The normalized spacial score (nSPS) is 11.6. The van der Waals surface area contributed by atoms with Crippen LogP contribution in [0.25, 0.3) is 0 Å². The molecule has 0 fully saturated rings. The summed E-state index contributed by atoms with van der Waals surface area (Å²) in [5.41, 5.74) is 0.621. The fourth-order valence-electron chi connectivity index (χ4n) is 1.25. The molecule has 0 spiro atoms. The molecule has 6 heteroatoms. The smallest absolute Gasteiger partial charge is 0.305 e. The fourth-order valence-corrected chi connectivity index (χ4v) is 1.25. The monoisotopic (exact) mass is 224 g/mol. The van der Waals surface area contributed by atoms with E-state index >= 15 is 0 Å². The number of rotatable bonds is 6. The summed E-state index contributed by atoms with van der Waals surface area (Å²) < 4.78 is 4.87. The van der Waals surface area contributed by atoms with Crippen LogP contribution in [0, 0.1) is 0 Å². The first kappa shape index (κ1) is 12.0. The van der Waals surface area contributed by atoms with E-state index in [-0.39, 0.29) is 6.42 Å². The van der Waals surface area contributed by atoms with Crippen molar-refractivity contribution in [2.75, 3.05) is 7.11 Å². The number of aromatic nitrogens is 1. The van der Waals surface area contributed by atoms with Gasteiger partial charge in [0.05, 0.1) is 19.6 Å². The molecule has 0 aliphatic heterocycles. The highest BCUT2D eigenvalue weighted by Crippen LogP contribution is 2.17. The molecular weight excluding hydrogens is 212 g/mol. The number of pyridine rings is 1. The molecule has 1 aromatic rings. The van der Waals surface area contributed by atoms with Gasteiger partial charge < -0.3 is 15.2 Å². The molecule has 0 unspecified atom stereocenters. The van der Waals surface area contributed by atoms with E-state index in [4.69, 9.17) is 9.84 Å². The summed E-state index contributed by atoms with van der Waals surface area (Å²) in [5.74, 6) is -0.556. The summed E-state index contributed by atoms with van der Waals surface area (Å²) >= 11 is 0. The number of ether oxygens (including phenoxy) is 1. The number of nitrogens with zero attached hydrogens (tertiary/aromatic N) is 1. The van der Waals surface area contributed by atoms with Crippen LogP contribution in [0.15, 0.2) is 18.3 Å². The standard InChI is InChI=1S/C10H12N2O4/c1-16-9-3-2-7(5-11-9)8(12-6-13)4-10(14)15/h2-3,5-6,8H,4H2,1H3,(H,12,13)(H,14,15)/t8-/m1/s1. The molecule has 16 heavy (non-hydrogen) atoms. The summed E-state index contributed by atoms with van der Waals surface area (Å²) in [5, 5.41) is 11.1. The van der Waals surface area contributed by atoms with Crippen molar-refractivity contribution in [2.24, 2.45) is 0 Å². The number of aliphatic carboxylic acids is 1. The lowest BCUT2D eigenvalue weighted by Crippen LogP contribution is -2.22. The van der Waals surface area contributed by atoms with E-state index in [1.54, 1.807) is 12.1 Å². The lowest BCUT2D eigenvalue weighted by atomic mass is 10.1. The highest BCUT2D eigenvalue weighted by atomic mass is 16.5. The topological polar surface area (TPSA) is 88.5 Å². The number of amides is 1. The largest absolute Gasteiger partial charge is 0.481 e. The van der Waals surface area contributed by atoms with Crippen LogP contribution in [-0.2, 0) is 9.59 Å². The third kappa shape index (κ3) is 3.23. The summed E-state index contributed by atoms with van der Waals surface area (Å²) in [6.07, 6.45) is 1.76. The van der Waals surface area contributed by atoms with E-state index in [2.05, 4.69) is 10.3 Å². The predicted octanol–water partition coefficient (Wildman–Crippen LogP) is 0.352. The summed E-state index contributed by atoms with van der Waals surface area (Å²) in [6.45, 7) is 0. The number of hydrogen-bond donors (Lipinski definition) is 2. The molecule has 1 heterocycles. The molecule has 1 atom stereocenters. The van der Waals surface area contributed by atoms with Gasteiger partial charge in [-0.05, 0) is 5.56 Å². The lowest BCUT2D eigenvalue weighted by Gasteiger charge is -2.13. The van der Waals surface area contributed by atoms with Gasteiger partial charge in [-0.1, -0.05) is 6.07 Å². The Morgan fingerprint density at radius 1 is 1.69 bits per heavy atom. The van der Waals surface area contributed by atoms with Crippen molar-refractivity contribution in [3.63, 3.8) is 0 Å². The average molecular weight is 224 g/mol. The average Bonchev–Trinajstić information content (AvgIpc) is 2.28. The summed E-state index contributed by atoms with van der Waals surface area (Å²) in [6, 6.07) is 2.69. The van der Waals surface area contributed by atoms with E-state index in [1.165, 1.54) is 13.3 Å². The molecule has 0 saturated carbocycles. The number of carboxylic acid groups (broad SMARTS) is 1. The van der Waals surface area contributed by atoms with Crippen LogP contribution >= 0.6 is 0 Å². The molecule has 0 aliphatic rings. The van der Waals surface area contributed by atoms with Crippen molar-refractivity contribution >= 4 is 12.4 Å². The van der Waals surface area contributed by atoms with Gasteiger partial charge in [0.2, 0.25) is 12.3 Å². The van der Waals surface area contributed by atoms with Gasteiger partial charge in [0.1, 0.15) is 0 Å². The minimum Gasteiger partial charge on any atom is -0.481 e. The molecule has 1 amide bonds. The third-order valence-electron chi connectivity index (χ3n) is 2.02. The Morgan fingerprint density at radius 3 is 2.88 bits per heavy atom. The summed E-state index contributed by atoms with van der Waals surface area (Å²) in [4.78, 5) is 24.9. The van der Waals surface area contributed by atoms with E-state index in [1.807, 2.05) is 0 Å². The maximum absolute atomic E-state index is 10.6. The Morgan fingerprint density at radius 2 is 2.44 bits per heavy atom. The van der Waals surface area contributed by atoms with Gasteiger partial charge in [-0.3, -0.25) is 9.59 Å². The Balaban J connectivity index is 2.82. The maximum Gasteiger partial charge on any atom is 0.305 e. The van der Waals surface area contributed by atoms with Crippen LogP contribution in [0.3, 0.4) is 0 Å². The Labute approximate surface area is 92.3 Å². The molecule has 2 N–H and O–H groups in total. The van der Waals surface area contributed by atoms with Crippen LogP contribution < -0.4 is 10.1 Å². The third-order valence-corrected chi connectivity index (χ3v) is 2.02. The Hall–Kier alpha value is -2.11. The first-order valence-electron chi connectivity index (χ1n) is 4.58. The zero-order valence-corrected chi connectivity index (χ0v) is 8.71. The van der Waals surface area contributed by atoms with Gasteiger partial charge in [0, 0.05) is 12.3 Å². The van der Waals surface area contributed by atoms with Gasteiger partial charge >= 0.3 is 5.97 Å². The number of methoxy groups -OCH3 is 1. The maximum atomic E-state index is 10.6. The van der Waals surface area contributed by atoms with Gasteiger partial charge in [0.15, 0.2) is 0 Å². The van der Waals surface area contributed by atoms with Crippen LogP contribution in [0.1, 0.15) is 18.0 Å². The number of nitrogens with one attached hydrogen (secondary N) is 1. The van der Waals surface area contributed by atoms with Gasteiger partial charge in [-0.2, -0.15) is 0 Å². The first-order chi connectivity index (χ1) is 7.67. The quantitative estimate of drug-likeness (QED) is 0.681. The Bertz CT molecular complexity index is 364. The van der Waals surface area contributed by atoms with E-state index in [9.17, 15) is 9.59 Å². The van der Waals surface area contributed by atoms with Gasteiger partial charge in [-0.25, -0.2) is 4.98 Å². The van der Waals surface area contributed by atoms with Gasteiger partial charge in [-0.15, -0.1) is 0 Å². The molecule has 0 bridgehead atoms. The van der Waals surface area contributed by atoms with Crippen LogP contribution in [0.5, 0.6) is 5.88 Å². The predicted molar refractivity (Wildman–Crippen MR) is 55.0 cm³/mol. The van der Waals surface area contributed by atoms with E-state index < -0.39 is 12.0 Å². The molecule has 86 valence electrons. The van der Waals surface area contributed by atoms with Gasteiger partial charge in [0.25, 0.3) is 0 Å². The zero-order valence-electron chi connectivity index (χ0n) is 8.71. The second kappa shape index (κ2) is 5.69. The van der Waals surface area contributed by atoms with Crippen molar-refractivity contribution < 1.29 is 19.4 Å². The molecule has 1 aromatic heterocycles. The minimum atomic E-state index is -0.991. The molecule has 6 nitrogen and oxygen atoms in total. The van der Waals surface area contributed by atoms with Crippen LogP contribution in [0.4, 0.5) is 0 Å². The van der Waals surface area contributed by atoms with E-state index in [0.717, 1.165) is 0 Å². The van der Waals surface area contributed by atoms with Crippen molar-refractivity contribution in [1.29, 1.82) is 0 Å². The second-order valence-corrected chi connectivity index (χ2v) is 3.07. The van der Waals surface area contributed by atoms with Crippen LogP contribution in [0.2, 0.25) is 0 Å². The van der Waals surface area contributed by atoms with Crippen molar-refractivity contribution in [3.8, 4) is 5.88 Å². The zero-order chi connectivity index (χ0) is 12.0. The van der Waals surface area contributed by atoms with Crippen molar-refractivity contribution in [1.82, 2.24) is 10.3 Å². The molecule has 0 aliphatic carbocycles. The molecule has 1 rings (SSSR count). The molecule has 0 aromatic carbocycles. The van der Waals surface area contributed by atoms with E-state index in [0.29, 0.717) is 17.9 Å². The van der Waals surface area contributed by atoms with Crippen molar-refractivity contribution in [2.45, 2.75) is 12.5 Å². The molecule has 0 radical (unpaired) electrons. The lowest BCUT2D eigenvalue weighted by molar-refractivity contribution is -0.137. The molecular formula is C10H12N2O4. The minimum absolute atomic E-state index is 0.188. The Kier molecular flexibility index (Phi) is 4.26. The second-order valence-electron chi connectivity index (χ2n) is 3.07. The SMILES string of the molecule is COc1ccc([C@@H](CC(=O)O)NC=O)cn1.